The highest BCUT2D eigenvalue weighted by atomic mass is 32.1. The molecular formula is C18H19FN2S. The Balaban J connectivity index is 1.77. The van der Waals surface area contributed by atoms with Crippen molar-refractivity contribution in [3.05, 3.63) is 65.5 Å². The van der Waals surface area contributed by atoms with Crippen LogP contribution in [0.1, 0.15) is 24.5 Å². The van der Waals surface area contributed by atoms with Crippen LogP contribution < -0.4 is 10.2 Å². The zero-order valence-corrected chi connectivity index (χ0v) is 13.4. The Hall–Kier alpha value is -1.94. The van der Waals surface area contributed by atoms with E-state index in [2.05, 4.69) is 29.3 Å². The lowest BCUT2D eigenvalue weighted by atomic mass is 9.97. The van der Waals surface area contributed by atoms with E-state index in [1.807, 2.05) is 24.3 Å². The molecule has 0 aromatic heterocycles. The third kappa shape index (κ3) is 3.12. The van der Waals surface area contributed by atoms with E-state index >= 15 is 0 Å². The van der Waals surface area contributed by atoms with Gasteiger partial charge in [-0.05, 0) is 61.3 Å². The molecule has 0 radical (unpaired) electrons. The predicted molar refractivity (Wildman–Crippen MR) is 92.5 cm³/mol. The van der Waals surface area contributed by atoms with E-state index in [0.29, 0.717) is 17.7 Å². The molecule has 2 aromatic carbocycles. The zero-order chi connectivity index (χ0) is 15.5. The number of rotatable bonds is 2. The number of hydrogen-bond acceptors (Lipinski definition) is 1. The SMILES string of the molecule is CC1CCc2cc(F)ccc2N1C(=S)NCc1ccccc1. The fraction of sp³-hybridized carbons (Fsp3) is 0.278. The molecule has 1 N–H and O–H groups in total. The number of halogens is 1. The van der Waals surface area contributed by atoms with Crippen LogP contribution in [0.4, 0.5) is 10.1 Å². The van der Waals surface area contributed by atoms with Crippen molar-refractivity contribution in [2.75, 3.05) is 4.90 Å². The molecule has 4 heteroatoms. The van der Waals surface area contributed by atoms with Gasteiger partial charge in [0.25, 0.3) is 0 Å². The molecule has 0 saturated heterocycles. The Kier molecular flexibility index (Phi) is 4.39. The van der Waals surface area contributed by atoms with Gasteiger partial charge >= 0.3 is 0 Å². The Morgan fingerprint density at radius 3 is 2.82 bits per heavy atom. The summed E-state index contributed by atoms with van der Waals surface area (Å²) in [6, 6.07) is 15.4. The van der Waals surface area contributed by atoms with Crippen molar-refractivity contribution >= 4 is 23.0 Å². The molecule has 3 rings (SSSR count). The van der Waals surface area contributed by atoms with Gasteiger partial charge in [-0.2, -0.15) is 0 Å². The molecule has 0 fully saturated rings. The van der Waals surface area contributed by atoms with Crippen LogP contribution in [0.15, 0.2) is 48.5 Å². The molecule has 2 aromatic rings. The van der Waals surface area contributed by atoms with Crippen molar-refractivity contribution in [3.8, 4) is 0 Å². The van der Waals surface area contributed by atoms with E-state index in [1.165, 1.54) is 11.6 Å². The Morgan fingerprint density at radius 2 is 2.05 bits per heavy atom. The molecule has 1 aliphatic rings. The fourth-order valence-corrected chi connectivity index (χ4v) is 3.24. The molecule has 0 bridgehead atoms. The number of anilines is 1. The molecule has 1 aliphatic heterocycles. The molecule has 1 unspecified atom stereocenters. The molecule has 0 amide bonds. The second-order valence-corrected chi connectivity index (χ2v) is 6.06. The Morgan fingerprint density at radius 1 is 1.27 bits per heavy atom. The largest absolute Gasteiger partial charge is 0.358 e. The van der Waals surface area contributed by atoms with Crippen molar-refractivity contribution in [2.45, 2.75) is 32.4 Å². The summed E-state index contributed by atoms with van der Waals surface area (Å²) in [6.07, 6.45) is 1.87. The molecule has 1 atom stereocenters. The fourth-order valence-electron chi connectivity index (χ4n) is 2.89. The van der Waals surface area contributed by atoms with Gasteiger partial charge in [-0.25, -0.2) is 4.39 Å². The predicted octanol–water partition coefficient (Wildman–Crippen LogP) is 4.04. The third-order valence-corrected chi connectivity index (χ3v) is 4.42. The van der Waals surface area contributed by atoms with Gasteiger partial charge in [0.15, 0.2) is 5.11 Å². The lowest BCUT2D eigenvalue weighted by Gasteiger charge is -2.37. The smallest absolute Gasteiger partial charge is 0.173 e. The van der Waals surface area contributed by atoms with E-state index < -0.39 is 0 Å². The summed E-state index contributed by atoms with van der Waals surface area (Å²) in [5, 5.41) is 4.02. The van der Waals surface area contributed by atoms with E-state index in [0.717, 1.165) is 24.1 Å². The maximum absolute atomic E-state index is 13.4. The quantitative estimate of drug-likeness (QED) is 0.842. The summed E-state index contributed by atoms with van der Waals surface area (Å²) in [4.78, 5) is 2.11. The number of thiocarbonyl (C=S) groups is 1. The van der Waals surface area contributed by atoms with Crippen molar-refractivity contribution < 1.29 is 4.39 Å². The first-order chi connectivity index (χ1) is 10.6. The van der Waals surface area contributed by atoms with Crippen LogP contribution in [0.2, 0.25) is 0 Å². The van der Waals surface area contributed by atoms with E-state index in [1.54, 1.807) is 6.07 Å². The molecular weight excluding hydrogens is 295 g/mol. The summed E-state index contributed by atoms with van der Waals surface area (Å²) < 4.78 is 13.4. The summed E-state index contributed by atoms with van der Waals surface area (Å²) in [5.74, 6) is -0.184. The van der Waals surface area contributed by atoms with E-state index in [4.69, 9.17) is 12.2 Å². The van der Waals surface area contributed by atoms with Gasteiger partial charge in [0.2, 0.25) is 0 Å². The van der Waals surface area contributed by atoms with Gasteiger partial charge in [-0.3, -0.25) is 0 Å². The van der Waals surface area contributed by atoms with Crippen molar-refractivity contribution in [2.24, 2.45) is 0 Å². The van der Waals surface area contributed by atoms with E-state index in [9.17, 15) is 4.39 Å². The Bertz CT molecular complexity index is 672. The second-order valence-electron chi connectivity index (χ2n) is 5.68. The lowest BCUT2D eigenvalue weighted by molar-refractivity contribution is 0.600. The zero-order valence-electron chi connectivity index (χ0n) is 12.6. The van der Waals surface area contributed by atoms with Crippen molar-refractivity contribution in [1.29, 1.82) is 0 Å². The van der Waals surface area contributed by atoms with E-state index in [-0.39, 0.29) is 5.82 Å². The summed E-state index contributed by atoms with van der Waals surface area (Å²) >= 11 is 5.58. The Labute approximate surface area is 136 Å². The molecule has 0 saturated carbocycles. The van der Waals surface area contributed by atoms with Crippen LogP contribution in [0.3, 0.4) is 0 Å². The first-order valence-corrected chi connectivity index (χ1v) is 7.95. The number of benzene rings is 2. The summed E-state index contributed by atoms with van der Waals surface area (Å²) in [5.41, 5.74) is 3.24. The van der Waals surface area contributed by atoms with Crippen LogP contribution in [0.5, 0.6) is 0 Å². The maximum atomic E-state index is 13.4. The average Bonchev–Trinajstić information content (AvgIpc) is 2.54. The summed E-state index contributed by atoms with van der Waals surface area (Å²) in [7, 11) is 0. The van der Waals surface area contributed by atoms with Gasteiger partial charge < -0.3 is 10.2 Å². The lowest BCUT2D eigenvalue weighted by Crippen LogP contribution is -2.47. The molecule has 22 heavy (non-hydrogen) atoms. The van der Waals surface area contributed by atoms with Gasteiger partial charge in [0, 0.05) is 18.3 Å². The van der Waals surface area contributed by atoms with Gasteiger partial charge in [0.05, 0.1) is 0 Å². The highest BCUT2D eigenvalue weighted by molar-refractivity contribution is 7.80. The average molecular weight is 314 g/mol. The third-order valence-electron chi connectivity index (χ3n) is 4.08. The second kappa shape index (κ2) is 6.44. The number of nitrogens with zero attached hydrogens (tertiary/aromatic N) is 1. The number of hydrogen-bond donors (Lipinski definition) is 1. The van der Waals surface area contributed by atoms with Gasteiger partial charge in [-0.15, -0.1) is 0 Å². The maximum Gasteiger partial charge on any atom is 0.173 e. The molecule has 1 heterocycles. The monoisotopic (exact) mass is 314 g/mol. The molecule has 0 spiro atoms. The van der Waals surface area contributed by atoms with Crippen LogP contribution in [-0.2, 0) is 13.0 Å². The summed E-state index contributed by atoms with van der Waals surface area (Å²) in [6.45, 7) is 2.85. The molecule has 114 valence electrons. The van der Waals surface area contributed by atoms with Crippen LogP contribution in [0.25, 0.3) is 0 Å². The minimum Gasteiger partial charge on any atom is -0.358 e. The van der Waals surface area contributed by atoms with Crippen LogP contribution in [0, 0.1) is 5.82 Å². The number of aryl methyl sites for hydroxylation is 1. The first-order valence-electron chi connectivity index (χ1n) is 7.54. The minimum atomic E-state index is -0.184. The highest BCUT2D eigenvalue weighted by Crippen LogP contribution is 2.31. The van der Waals surface area contributed by atoms with Crippen LogP contribution >= 0.6 is 12.2 Å². The first kappa shape index (κ1) is 15.0. The highest BCUT2D eigenvalue weighted by Gasteiger charge is 2.26. The standard InChI is InChI=1S/C18H19FN2S/c1-13-7-8-15-11-16(19)9-10-17(15)21(13)18(22)20-12-14-5-3-2-4-6-14/h2-6,9-11,13H,7-8,12H2,1H3,(H,20,22). The van der Waals surface area contributed by atoms with Crippen LogP contribution in [-0.4, -0.2) is 11.2 Å². The van der Waals surface area contributed by atoms with Crippen molar-refractivity contribution in [1.82, 2.24) is 5.32 Å². The topological polar surface area (TPSA) is 15.3 Å². The molecule has 0 aliphatic carbocycles. The van der Waals surface area contributed by atoms with Crippen molar-refractivity contribution in [3.63, 3.8) is 0 Å². The normalized spacial score (nSPS) is 17.0. The minimum absolute atomic E-state index is 0.184. The number of fused-ring (bicyclic) bond motifs is 1. The molecule has 2 nitrogen and oxygen atoms in total. The van der Waals surface area contributed by atoms with Gasteiger partial charge in [0.1, 0.15) is 5.82 Å². The number of nitrogens with one attached hydrogen (secondary N) is 1. The van der Waals surface area contributed by atoms with Gasteiger partial charge in [-0.1, -0.05) is 30.3 Å².